The average molecular weight is 168 g/mol. The summed E-state index contributed by atoms with van der Waals surface area (Å²) < 4.78 is 0. The van der Waals surface area contributed by atoms with Crippen LogP contribution in [0.3, 0.4) is 0 Å². The van der Waals surface area contributed by atoms with Crippen LogP contribution in [0.4, 0.5) is 0 Å². The van der Waals surface area contributed by atoms with Crippen LogP contribution in [0.5, 0.6) is 0 Å². The molecule has 2 rings (SSSR count). The minimum Gasteiger partial charge on any atom is -0.395 e. The minimum atomic E-state index is -0.345. The summed E-state index contributed by atoms with van der Waals surface area (Å²) in [6, 6.07) is 0. The molecule has 2 aliphatic carbocycles. The Morgan fingerprint density at radius 2 is 2.17 bits per heavy atom. The molecule has 0 unspecified atom stereocenters. The van der Waals surface area contributed by atoms with Crippen molar-refractivity contribution in [2.75, 3.05) is 6.61 Å². The lowest BCUT2D eigenvalue weighted by molar-refractivity contribution is 0.0195. The average Bonchev–Trinajstić information content (AvgIpc) is 2.54. The zero-order valence-electron chi connectivity index (χ0n) is 7.29. The molecule has 0 aromatic carbocycles. The van der Waals surface area contributed by atoms with Crippen LogP contribution in [-0.4, -0.2) is 22.9 Å². The van der Waals surface area contributed by atoms with Crippen LogP contribution in [0, 0.1) is 11.3 Å². The summed E-state index contributed by atoms with van der Waals surface area (Å²) in [6.45, 7) is 4.05. The molecule has 0 spiro atoms. The molecular formula is C10H16O2. The van der Waals surface area contributed by atoms with E-state index < -0.39 is 0 Å². The standard InChI is InChI=1S/C10H16O2/c1-7-2-3-8-4-5-9(12)10(7,8)6-11/h8-9,11-12H,1-6H2/t8-,9+,10-/m0/s1. The van der Waals surface area contributed by atoms with Gasteiger partial charge in [0.2, 0.25) is 0 Å². The van der Waals surface area contributed by atoms with E-state index >= 15 is 0 Å². The van der Waals surface area contributed by atoms with Gasteiger partial charge >= 0.3 is 0 Å². The predicted octanol–water partition coefficient (Wildman–Crippen LogP) is 1.09. The highest BCUT2D eigenvalue weighted by Crippen LogP contribution is 2.56. The van der Waals surface area contributed by atoms with Gasteiger partial charge < -0.3 is 10.2 Å². The van der Waals surface area contributed by atoms with Crippen molar-refractivity contribution in [3.05, 3.63) is 12.2 Å². The maximum Gasteiger partial charge on any atom is 0.0658 e. The fourth-order valence-electron chi connectivity index (χ4n) is 3.00. The lowest BCUT2D eigenvalue weighted by atomic mass is 9.77. The number of aliphatic hydroxyl groups excluding tert-OH is 2. The fraction of sp³-hybridized carbons (Fsp3) is 0.800. The fourth-order valence-corrected chi connectivity index (χ4v) is 3.00. The Labute approximate surface area is 72.9 Å². The Kier molecular flexibility index (Phi) is 1.77. The zero-order chi connectivity index (χ0) is 8.77. The van der Waals surface area contributed by atoms with Gasteiger partial charge in [-0.25, -0.2) is 0 Å². The molecule has 2 aliphatic rings. The van der Waals surface area contributed by atoms with E-state index in [1.54, 1.807) is 0 Å². The normalized spacial score (nSPS) is 46.7. The van der Waals surface area contributed by atoms with Gasteiger partial charge in [-0.2, -0.15) is 0 Å². The van der Waals surface area contributed by atoms with Gasteiger partial charge in [-0.05, 0) is 31.6 Å². The van der Waals surface area contributed by atoms with E-state index in [0.717, 1.165) is 31.3 Å². The second-order valence-corrected chi connectivity index (χ2v) is 4.13. The van der Waals surface area contributed by atoms with E-state index in [9.17, 15) is 10.2 Å². The van der Waals surface area contributed by atoms with Gasteiger partial charge in [0.15, 0.2) is 0 Å². The maximum atomic E-state index is 9.80. The molecule has 0 amide bonds. The van der Waals surface area contributed by atoms with Gasteiger partial charge in [0.25, 0.3) is 0 Å². The molecule has 3 atom stereocenters. The lowest BCUT2D eigenvalue weighted by Gasteiger charge is -2.32. The van der Waals surface area contributed by atoms with Crippen molar-refractivity contribution in [1.82, 2.24) is 0 Å². The van der Waals surface area contributed by atoms with Crippen LogP contribution in [0.15, 0.2) is 12.2 Å². The molecule has 0 saturated heterocycles. The zero-order valence-corrected chi connectivity index (χ0v) is 7.29. The lowest BCUT2D eigenvalue weighted by Crippen LogP contribution is -2.36. The van der Waals surface area contributed by atoms with Gasteiger partial charge in [-0.1, -0.05) is 12.2 Å². The first-order chi connectivity index (χ1) is 5.71. The van der Waals surface area contributed by atoms with Crippen LogP contribution in [-0.2, 0) is 0 Å². The molecule has 2 fully saturated rings. The van der Waals surface area contributed by atoms with E-state index in [-0.39, 0.29) is 18.1 Å². The largest absolute Gasteiger partial charge is 0.395 e. The summed E-state index contributed by atoms with van der Waals surface area (Å²) >= 11 is 0. The summed E-state index contributed by atoms with van der Waals surface area (Å²) in [6.07, 6.45) is 3.64. The molecule has 2 nitrogen and oxygen atoms in total. The molecule has 2 heteroatoms. The van der Waals surface area contributed by atoms with Crippen LogP contribution < -0.4 is 0 Å². The van der Waals surface area contributed by atoms with Gasteiger partial charge in [-0.3, -0.25) is 0 Å². The minimum absolute atomic E-state index is 0.0810. The third-order valence-corrected chi connectivity index (χ3v) is 3.83. The van der Waals surface area contributed by atoms with Crippen molar-refractivity contribution in [3.8, 4) is 0 Å². The first-order valence-electron chi connectivity index (χ1n) is 4.69. The molecule has 2 N–H and O–H groups in total. The smallest absolute Gasteiger partial charge is 0.0658 e. The Morgan fingerprint density at radius 3 is 2.75 bits per heavy atom. The van der Waals surface area contributed by atoms with E-state index in [2.05, 4.69) is 6.58 Å². The molecule has 0 aromatic heterocycles. The summed E-state index contributed by atoms with van der Waals surface area (Å²) in [4.78, 5) is 0. The van der Waals surface area contributed by atoms with Crippen LogP contribution in [0.25, 0.3) is 0 Å². The van der Waals surface area contributed by atoms with Gasteiger partial charge in [0.1, 0.15) is 0 Å². The quantitative estimate of drug-likeness (QED) is 0.575. The first kappa shape index (κ1) is 8.27. The molecule has 0 aromatic rings. The number of hydrogen-bond acceptors (Lipinski definition) is 2. The predicted molar refractivity (Wildman–Crippen MR) is 46.6 cm³/mol. The Hall–Kier alpha value is -0.340. The number of fused-ring (bicyclic) bond motifs is 1. The molecular weight excluding hydrogens is 152 g/mol. The Morgan fingerprint density at radius 1 is 1.42 bits per heavy atom. The van der Waals surface area contributed by atoms with Crippen molar-refractivity contribution in [3.63, 3.8) is 0 Å². The van der Waals surface area contributed by atoms with Crippen molar-refractivity contribution in [1.29, 1.82) is 0 Å². The molecule has 2 saturated carbocycles. The second kappa shape index (κ2) is 2.57. The highest BCUT2D eigenvalue weighted by Gasteiger charge is 2.53. The Balaban J connectivity index is 2.35. The third-order valence-electron chi connectivity index (χ3n) is 3.83. The van der Waals surface area contributed by atoms with E-state index in [4.69, 9.17) is 0 Å². The second-order valence-electron chi connectivity index (χ2n) is 4.13. The van der Waals surface area contributed by atoms with Crippen molar-refractivity contribution >= 4 is 0 Å². The molecule has 68 valence electrons. The topological polar surface area (TPSA) is 40.5 Å². The van der Waals surface area contributed by atoms with E-state index in [0.29, 0.717) is 5.92 Å². The van der Waals surface area contributed by atoms with Gasteiger partial charge in [0, 0.05) is 5.41 Å². The highest BCUT2D eigenvalue weighted by molar-refractivity contribution is 5.23. The number of hydrogen-bond donors (Lipinski definition) is 2. The molecule has 0 aliphatic heterocycles. The van der Waals surface area contributed by atoms with E-state index in [1.807, 2.05) is 0 Å². The van der Waals surface area contributed by atoms with Crippen LogP contribution in [0.2, 0.25) is 0 Å². The monoisotopic (exact) mass is 168 g/mol. The van der Waals surface area contributed by atoms with Crippen molar-refractivity contribution in [2.45, 2.75) is 31.8 Å². The number of rotatable bonds is 1. The number of aliphatic hydroxyl groups is 2. The highest BCUT2D eigenvalue weighted by atomic mass is 16.3. The van der Waals surface area contributed by atoms with Crippen molar-refractivity contribution < 1.29 is 10.2 Å². The van der Waals surface area contributed by atoms with Crippen LogP contribution in [0.1, 0.15) is 25.7 Å². The van der Waals surface area contributed by atoms with Gasteiger partial charge in [-0.15, -0.1) is 0 Å². The van der Waals surface area contributed by atoms with Crippen molar-refractivity contribution in [2.24, 2.45) is 11.3 Å². The summed E-state index contributed by atoms with van der Waals surface area (Å²) in [5, 5.41) is 19.1. The summed E-state index contributed by atoms with van der Waals surface area (Å²) in [5.74, 6) is 0.491. The summed E-state index contributed by atoms with van der Waals surface area (Å²) in [5.41, 5.74) is 0.750. The summed E-state index contributed by atoms with van der Waals surface area (Å²) in [7, 11) is 0. The third kappa shape index (κ3) is 0.771. The molecule has 0 radical (unpaired) electrons. The molecule has 0 heterocycles. The maximum absolute atomic E-state index is 9.80. The van der Waals surface area contributed by atoms with E-state index in [1.165, 1.54) is 0 Å². The molecule has 0 bridgehead atoms. The SMILES string of the molecule is C=C1CC[C@H]2CC[C@@H](O)[C@@]12CO. The molecule has 12 heavy (non-hydrogen) atoms. The first-order valence-corrected chi connectivity index (χ1v) is 4.69. The van der Waals surface area contributed by atoms with Gasteiger partial charge in [0.05, 0.1) is 12.7 Å². The Bertz CT molecular complexity index is 212. The van der Waals surface area contributed by atoms with Crippen LogP contribution >= 0.6 is 0 Å².